The molecule has 0 saturated carbocycles. The van der Waals surface area contributed by atoms with Gasteiger partial charge in [0.15, 0.2) is 0 Å². The summed E-state index contributed by atoms with van der Waals surface area (Å²) in [7, 11) is 6.68. The van der Waals surface area contributed by atoms with Gasteiger partial charge in [0.2, 0.25) is 6.41 Å². The molecule has 0 saturated heterocycles. The van der Waals surface area contributed by atoms with Crippen LogP contribution in [0.2, 0.25) is 0 Å². The molecular formula is C13H29NO6. The zero-order chi connectivity index (χ0) is 15.5. The predicted octanol–water partition coefficient (Wildman–Crippen LogP) is 0.0334. The van der Waals surface area contributed by atoms with E-state index in [9.17, 15) is 4.79 Å². The van der Waals surface area contributed by atoms with Crippen molar-refractivity contribution in [3.8, 4) is 0 Å². The summed E-state index contributed by atoms with van der Waals surface area (Å²) >= 11 is 0. The third-order valence-corrected chi connectivity index (χ3v) is 1.82. The molecule has 0 heterocycles. The molecule has 0 aromatic rings. The maximum Gasteiger partial charge on any atom is 0.209 e. The van der Waals surface area contributed by atoms with E-state index >= 15 is 0 Å². The Bertz CT molecular complexity index is 168. The molecule has 0 aliphatic rings. The Labute approximate surface area is 122 Å². The van der Waals surface area contributed by atoms with Gasteiger partial charge in [-0.3, -0.25) is 4.79 Å². The van der Waals surface area contributed by atoms with Gasteiger partial charge in [-0.25, -0.2) is 0 Å². The number of methoxy groups -OCH3 is 2. The van der Waals surface area contributed by atoms with Crippen LogP contribution in [0.1, 0.15) is 0 Å². The first-order chi connectivity index (χ1) is 9.68. The molecular weight excluding hydrogens is 266 g/mol. The number of rotatable bonds is 13. The van der Waals surface area contributed by atoms with Crippen LogP contribution in [0.5, 0.6) is 0 Å². The Morgan fingerprint density at radius 3 is 1.15 bits per heavy atom. The minimum absolute atomic E-state index is 0.595. The Hall–Kier alpha value is -0.730. The van der Waals surface area contributed by atoms with Crippen LogP contribution in [-0.4, -0.2) is 92.5 Å². The lowest BCUT2D eigenvalue weighted by Gasteiger charge is -2.06. The van der Waals surface area contributed by atoms with Gasteiger partial charge < -0.3 is 28.6 Å². The topological polar surface area (TPSA) is 66.5 Å². The maximum absolute atomic E-state index is 9.43. The summed E-state index contributed by atoms with van der Waals surface area (Å²) in [5, 5.41) is 0. The van der Waals surface area contributed by atoms with E-state index in [1.54, 1.807) is 28.3 Å². The van der Waals surface area contributed by atoms with E-state index in [-0.39, 0.29) is 0 Å². The van der Waals surface area contributed by atoms with Gasteiger partial charge in [0, 0.05) is 28.3 Å². The van der Waals surface area contributed by atoms with E-state index < -0.39 is 0 Å². The van der Waals surface area contributed by atoms with E-state index in [0.29, 0.717) is 52.9 Å². The summed E-state index contributed by atoms with van der Waals surface area (Å²) in [5.74, 6) is 0. The van der Waals surface area contributed by atoms with Crippen LogP contribution >= 0.6 is 0 Å². The van der Waals surface area contributed by atoms with Crippen molar-refractivity contribution in [1.82, 2.24) is 4.90 Å². The molecule has 0 aliphatic heterocycles. The van der Waals surface area contributed by atoms with Gasteiger partial charge >= 0.3 is 0 Å². The minimum Gasteiger partial charge on any atom is -0.382 e. The molecule has 122 valence electrons. The van der Waals surface area contributed by atoms with Gasteiger partial charge in [-0.05, 0) is 0 Å². The third kappa shape index (κ3) is 26.0. The van der Waals surface area contributed by atoms with Gasteiger partial charge in [0.1, 0.15) is 0 Å². The minimum atomic E-state index is 0.595. The highest BCUT2D eigenvalue weighted by Gasteiger charge is 1.91. The van der Waals surface area contributed by atoms with Crippen molar-refractivity contribution >= 4 is 6.41 Å². The number of ether oxygens (including phenoxy) is 5. The third-order valence-electron chi connectivity index (χ3n) is 1.82. The van der Waals surface area contributed by atoms with Gasteiger partial charge in [-0.1, -0.05) is 0 Å². The monoisotopic (exact) mass is 295 g/mol. The van der Waals surface area contributed by atoms with Crippen LogP contribution in [0.4, 0.5) is 0 Å². The van der Waals surface area contributed by atoms with Crippen molar-refractivity contribution in [3.63, 3.8) is 0 Å². The summed E-state index contributed by atoms with van der Waals surface area (Å²) < 4.78 is 25.3. The van der Waals surface area contributed by atoms with Crippen molar-refractivity contribution in [2.24, 2.45) is 0 Å². The van der Waals surface area contributed by atoms with Crippen LogP contribution in [-0.2, 0) is 28.5 Å². The Balaban J connectivity index is 0. The van der Waals surface area contributed by atoms with Crippen molar-refractivity contribution in [3.05, 3.63) is 0 Å². The van der Waals surface area contributed by atoms with Gasteiger partial charge in [0.25, 0.3) is 0 Å². The number of hydrogen-bond donors (Lipinski definition) is 0. The average molecular weight is 295 g/mol. The zero-order valence-electron chi connectivity index (χ0n) is 13.1. The molecule has 0 spiro atoms. The quantitative estimate of drug-likeness (QED) is 0.353. The predicted molar refractivity (Wildman–Crippen MR) is 76.0 cm³/mol. The molecule has 7 heteroatoms. The summed E-state index contributed by atoms with van der Waals surface area (Å²) in [6.07, 6.45) is 0.750. The second-order valence-electron chi connectivity index (χ2n) is 3.89. The number of nitrogens with zero attached hydrogens (tertiary/aromatic N) is 1. The van der Waals surface area contributed by atoms with Gasteiger partial charge in [-0.15, -0.1) is 0 Å². The normalized spacial score (nSPS) is 9.80. The SMILES string of the molecule is CN(C)C=O.COCCOCCOCCOCCOC. The molecule has 0 unspecified atom stereocenters. The number of amides is 1. The van der Waals surface area contributed by atoms with Crippen molar-refractivity contribution in [2.75, 3.05) is 81.2 Å². The molecule has 0 bridgehead atoms. The number of carbonyl (C=O) groups excluding carboxylic acids is 1. The van der Waals surface area contributed by atoms with Crippen LogP contribution in [0.15, 0.2) is 0 Å². The zero-order valence-corrected chi connectivity index (χ0v) is 13.1. The number of hydrogen-bond acceptors (Lipinski definition) is 6. The fourth-order valence-electron chi connectivity index (χ4n) is 0.826. The highest BCUT2D eigenvalue weighted by Crippen LogP contribution is 1.81. The first-order valence-electron chi connectivity index (χ1n) is 6.51. The van der Waals surface area contributed by atoms with Crippen molar-refractivity contribution in [2.45, 2.75) is 0 Å². The van der Waals surface area contributed by atoms with Crippen LogP contribution in [0, 0.1) is 0 Å². The van der Waals surface area contributed by atoms with E-state index in [4.69, 9.17) is 23.7 Å². The van der Waals surface area contributed by atoms with Crippen LogP contribution in [0.3, 0.4) is 0 Å². The lowest BCUT2D eigenvalue weighted by Crippen LogP contribution is -2.12. The fraction of sp³-hybridized carbons (Fsp3) is 0.923. The van der Waals surface area contributed by atoms with Gasteiger partial charge in [-0.2, -0.15) is 0 Å². The fourth-order valence-corrected chi connectivity index (χ4v) is 0.826. The largest absolute Gasteiger partial charge is 0.382 e. The van der Waals surface area contributed by atoms with Crippen LogP contribution < -0.4 is 0 Å². The lowest BCUT2D eigenvalue weighted by atomic mass is 10.7. The molecule has 20 heavy (non-hydrogen) atoms. The van der Waals surface area contributed by atoms with E-state index in [1.807, 2.05) is 0 Å². The first kappa shape index (κ1) is 21.6. The molecule has 0 rings (SSSR count). The van der Waals surface area contributed by atoms with E-state index in [1.165, 1.54) is 4.90 Å². The van der Waals surface area contributed by atoms with E-state index in [0.717, 1.165) is 6.41 Å². The molecule has 0 aromatic carbocycles. The van der Waals surface area contributed by atoms with Crippen LogP contribution in [0.25, 0.3) is 0 Å². The second kappa shape index (κ2) is 20.6. The summed E-state index contributed by atoms with van der Waals surface area (Å²) in [6, 6.07) is 0. The lowest BCUT2D eigenvalue weighted by molar-refractivity contribution is -0.115. The average Bonchev–Trinajstić information content (AvgIpc) is 2.45. The molecule has 0 fully saturated rings. The van der Waals surface area contributed by atoms with Crippen molar-refractivity contribution < 1.29 is 28.5 Å². The molecule has 7 nitrogen and oxygen atoms in total. The first-order valence-corrected chi connectivity index (χ1v) is 6.51. The van der Waals surface area contributed by atoms with E-state index in [2.05, 4.69) is 0 Å². The highest BCUT2D eigenvalue weighted by atomic mass is 16.6. The maximum atomic E-state index is 9.43. The second-order valence-corrected chi connectivity index (χ2v) is 3.89. The smallest absolute Gasteiger partial charge is 0.209 e. The Morgan fingerprint density at radius 2 is 0.950 bits per heavy atom. The molecule has 0 atom stereocenters. The molecule has 0 aromatic heterocycles. The molecule has 0 radical (unpaired) electrons. The van der Waals surface area contributed by atoms with Gasteiger partial charge in [0.05, 0.1) is 52.9 Å². The van der Waals surface area contributed by atoms with Crippen molar-refractivity contribution in [1.29, 1.82) is 0 Å². The standard InChI is InChI=1S/C10H22O5.C3H7NO/c1-11-3-5-13-7-9-15-10-8-14-6-4-12-2;1-4(2)3-5/h3-10H2,1-2H3;3H,1-2H3. The summed E-state index contributed by atoms with van der Waals surface area (Å²) in [4.78, 5) is 10.9. The summed E-state index contributed by atoms with van der Waals surface area (Å²) in [5.41, 5.74) is 0. The summed E-state index contributed by atoms with van der Waals surface area (Å²) in [6.45, 7) is 4.87. The Kier molecular flexibility index (Phi) is 22.2. The highest BCUT2D eigenvalue weighted by molar-refractivity contribution is 5.45. The molecule has 0 aliphatic carbocycles. The number of carbonyl (C=O) groups is 1. The Morgan fingerprint density at radius 1 is 0.700 bits per heavy atom. The molecule has 0 N–H and O–H groups in total. The molecule has 1 amide bonds.